The van der Waals surface area contributed by atoms with Crippen molar-refractivity contribution in [2.45, 2.75) is 44.8 Å². The van der Waals surface area contributed by atoms with Gasteiger partial charge in [-0.1, -0.05) is 18.2 Å². The average molecular weight is 353 g/mol. The van der Waals surface area contributed by atoms with E-state index in [0.29, 0.717) is 12.6 Å². The van der Waals surface area contributed by atoms with Gasteiger partial charge in [0.25, 0.3) is 0 Å². The molecule has 0 saturated carbocycles. The molecule has 26 heavy (non-hydrogen) atoms. The zero-order valence-electron chi connectivity index (χ0n) is 15.4. The highest BCUT2D eigenvalue weighted by molar-refractivity contribution is 5.80. The summed E-state index contributed by atoms with van der Waals surface area (Å²) in [6, 6.07) is 11.0. The summed E-state index contributed by atoms with van der Waals surface area (Å²) in [4.78, 5) is 6.80. The number of hydrogen-bond acceptors (Lipinski definition) is 4. The molecule has 7 heteroatoms. The lowest BCUT2D eigenvalue weighted by molar-refractivity contribution is 0.504. The van der Waals surface area contributed by atoms with Crippen LogP contribution in [0.1, 0.15) is 30.9 Å². The van der Waals surface area contributed by atoms with E-state index in [9.17, 15) is 0 Å². The van der Waals surface area contributed by atoms with Crippen LogP contribution in [0.2, 0.25) is 0 Å². The number of aryl methyl sites for hydroxylation is 1. The van der Waals surface area contributed by atoms with Crippen LogP contribution in [0.5, 0.6) is 0 Å². The lowest BCUT2D eigenvalue weighted by atomic mass is 10.2. The third kappa shape index (κ3) is 3.66. The maximum absolute atomic E-state index is 4.38. The maximum atomic E-state index is 4.38. The Morgan fingerprint density at radius 3 is 2.92 bits per heavy atom. The van der Waals surface area contributed by atoms with Gasteiger partial charge in [-0.15, -0.1) is 10.2 Å². The van der Waals surface area contributed by atoms with E-state index in [1.807, 2.05) is 7.05 Å². The second-order valence-electron chi connectivity index (χ2n) is 6.98. The number of anilines is 1. The lowest BCUT2D eigenvalue weighted by Crippen LogP contribution is -2.44. The van der Waals surface area contributed by atoms with Crippen LogP contribution in [0.15, 0.2) is 35.3 Å². The van der Waals surface area contributed by atoms with E-state index in [1.54, 1.807) is 0 Å². The summed E-state index contributed by atoms with van der Waals surface area (Å²) in [5, 5.41) is 15.6. The van der Waals surface area contributed by atoms with Crippen LogP contribution in [0, 0.1) is 0 Å². The van der Waals surface area contributed by atoms with E-state index in [0.717, 1.165) is 50.1 Å². The van der Waals surface area contributed by atoms with Crippen molar-refractivity contribution in [1.29, 1.82) is 0 Å². The molecule has 7 nitrogen and oxygen atoms in total. The van der Waals surface area contributed by atoms with Crippen molar-refractivity contribution in [3.05, 3.63) is 42.0 Å². The van der Waals surface area contributed by atoms with Gasteiger partial charge in [0.05, 0.1) is 6.54 Å². The number of fused-ring (bicyclic) bond motifs is 1. The summed E-state index contributed by atoms with van der Waals surface area (Å²) in [6.45, 7) is 3.74. The Labute approximate surface area is 154 Å². The minimum absolute atomic E-state index is 0.397. The standard InChI is InChI=1S/C19H27N7/c1-20-19(21-13-18-24-23-17-9-5-6-11-26(17)18)22-15-10-12-25(14-15)16-7-3-2-4-8-16/h2-4,7-8,15H,5-6,9-14H2,1H3,(H2,20,21,22). The highest BCUT2D eigenvalue weighted by atomic mass is 15.3. The number of hydrogen-bond donors (Lipinski definition) is 2. The number of rotatable bonds is 4. The summed E-state index contributed by atoms with van der Waals surface area (Å²) in [7, 11) is 1.82. The average Bonchev–Trinajstić information content (AvgIpc) is 3.33. The minimum Gasteiger partial charge on any atom is -0.369 e. The van der Waals surface area contributed by atoms with E-state index >= 15 is 0 Å². The van der Waals surface area contributed by atoms with Gasteiger partial charge in [-0.2, -0.15) is 0 Å². The number of nitrogens with zero attached hydrogens (tertiary/aromatic N) is 5. The molecule has 2 aromatic rings. The van der Waals surface area contributed by atoms with Crippen molar-refractivity contribution >= 4 is 11.6 Å². The molecule has 0 amide bonds. The minimum atomic E-state index is 0.397. The summed E-state index contributed by atoms with van der Waals surface area (Å²) >= 11 is 0. The summed E-state index contributed by atoms with van der Waals surface area (Å²) in [5.41, 5.74) is 1.29. The molecule has 2 aliphatic heterocycles. The Balaban J connectivity index is 1.31. The van der Waals surface area contributed by atoms with E-state index in [1.165, 1.54) is 18.5 Å². The number of guanidine groups is 1. The molecule has 138 valence electrons. The summed E-state index contributed by atoms with van der Waals surface area (Å²) in [5.74, 6) is 2.95. The Morgan fingerprint density at radius 1 is 1.19 bits per heavy atom. The SMILES string of the molecule is CN=C(NCc1nnc2n1CCCC2)NC1CCN(c2ccccc2)C1. The van der Waals surface area contributed by atoms with Gasteiger partial charge in [-0.05, 0) is 31.4 Å². The van der Waals surface area contributed by atoms with Gasteiger partial charge in [0.2, 0.25) is 0 Å². The zero-order chi connectivity index (χ0) is 17.8. The molecule has 1 saturated heterocycles. The van der Waals surface area contributed by atoms with Gasteiger partial charge in [0, 0.05) is 44.8 Å². The highest BCUT2D eigenvalue weighted by Crippen LogP contribution is 2.19. The van der Waals surface area contributed by atoms with Gasteiger partial charge in [-0.3, -0.25) is 4.99 Å². The van der Waals surface area contributed by atoms with E-state index in [2.05, 4.69) is 65.6 Å². The molecular formula is C19H27N7. The smallest absolute Gasteiger partial charge is 0.191 e. The van der Waals surface area contributed by atoms with Crippen molar-refractivity contribution in [2.24, 2.45) is 4.99 Å². The van der Waals surface area contributed by atoms with Crippen molar-refractivity contribution < 1.29 is 0 Å². The van der Waals surface area contributed by atoms with Gasteiger partial charge in [0.15, 0.2) is 11.8 Å². The second-order valence-corrected chi connectivity index (χ2v) is 6.98. The molecule has 2 aliphatic rings. The van der Waals surface area contributed by atoms with Crippen LogP contribution in [-0.2, 0) is 19.5 Å². The Hall–Kier alpha value is -2.57. The first-order valence-electron chi connectivity index (χ1n) is 9.51. The predicted octanol–water partition coefficient (Wildman–Crippen LogP) is 1.56. The van der Waals surface area contributed by atoms with Crippen LogP contribution in [0.3, 0.4) is 0 Å². The Morgan fingerprint density at radius 2 is 2.08 bits per heavy atom. The van der Waals surface area contributed by atoms with Crippen molar-refractivity contribution in [1.82, 2.24) is 25.4 Å². The predicted molar refractivity (Wildman–Crippen MR) is 103 cm³/mol. The number of aromatic nitrogens is 3. The quantitative estimate of drug-likeness (QED) is 0.645. The van der Waals surface area contributed by atoms with Crippen molar-refractivity contribution in [2.75, 3.05) is 25.0 Å². The molecular weight excluding hydrogens is 326 g/mol. The van der Waals surface area contributed by atoms with Gasteiger partial charge < -0.3 is 20.1 Å². The van der Waals surface area contributed by atoms with E-state index in [-0.39, 0.29) is 0 Å². The topological polar surface area (TPSA) is 70.4 Å². The van der Waals surface area contributed by atoms with Crippen LogP contribution >= 0.6 is 0 Å². The fraction of sp³-hybridized carbons (Fsp3) is 0.526. The second kappa shape index (κ2) is 7.76. The highest BCUT2D eigenvalue weighted by Gasteiger charge is 2.23. The van der Waals surface area contributed by atoms with Crippen molar-refractivity contribution in [3.8, 4) is 0 Å². The van der Waals surface area contributed by atoms with Crippen LogP contribution in [0.4, 0.5) is 5.69 Å². The summed E-state index contributed by atoms with van der Waals surface area (Å²) < 4.78 is 2.25. The number of para-hydroxylation sites is 1. The zero-order valence-corrected chi connectivity index (χ0v) is 15.4. The van der Waals surface area contributed by atoms with Gasteiger partial charge in [0.1, 0.15) is 5.82 Å². The first kappa shape index (κ1) is 16.9. The molecule has 0 spiro atoms. The fourth-order valence-electron chi connectivity index (χ4n) is 3.80. The van der Waals surface area contributed by atoms with Gasteiger partial charge >= 0.3 is 0 Å². The lowest BCUT2D eigenvalue weighted by Gasteiger charge is -2.20. The normalized spacial score (nSPS) is 20.1. The van der Waals surface area contributed by atoms with E-state index in [4.69, 9.17) is 0 Å². The molecule has 3 heterocycles. The van der Waals surface area contributed by atoms with Gasteiger partial charge in [-0.25, -0.2) is 0 Å². The summed E-state index contributed by atoms with van der Waals surface area (Å²) in [6.07, 6.45) is 4.57. The van der Waals surface area contributed by atoms with Crippen molar-refractivity contribution in [3.63, 3.8) is 0 Å². The van der Waals surface area contributed by atoms with Crippen LogP contribution < -0.4 is 15.5 Å². The molecule has 0 radical (unpaired) electrons. The number of aliphatic imine (C=N–C) groups is 1. The molecule has 1 unspecified atom stereocenters. The number of nitrogens with one attached hydrogen (secondary N) is 2. The number of benzene rings is 1. The molecule has 1 atom stereocenters. The fourth-order valence-corrected chi connectivity index (χ4v) is 3.80. The first-order chi connectivity index (χ1) is 12.8. The molecule has 1 fully saturated rings. The molecule has 0 bridgehead atoms. The molecule has 0 aliphatic carbocycles. The third-order valence-electron chi connectivity index (χ3n) is 5.22. The largest absolute Gasteiger partial charge is 0.369 e. The Kier molecular flexibility index (Phi) is 5.04. The van der Waals surface area contributed by atoms with Crippen LogP contribution in [0.25, 0.3) is 0 Å². The molecule has 2 N–H and O–H groups in total. The van der Waals surface area contributed by atoms with Crippen LogP contribution in [-0.4, -0.2) is 46.9 Å². The molecule has 4 rings (SSSR count). The monoisotopic (exact) mass is 353 g/mol. The first-order valence-corrected chi connectivity index (χ1v) is 9.51. The Bertz CT molecular complexity index is 753. The molecule has 1 aromatic heterocycles. The van der Waals surface area contributed by atoms with E-state index < -0.39 is 0 Å². The molecule has 1 aromatic carbocycles. The third-order valence-corrected chi connectivity index (χ3v) is 5.22. The maximum Gasteiger partial charge on any atom is 0.191 e.